The van der Waals surface area contributed by atoms with Gasteiger partial charge in [0.05, 0.1) is 5.56 Å². The van der Waals surface area contributed by atoms with Crippen LogP contribution < -0.4 is 5.32 Å². The molecule has 0 aliphatic carbocycles. The summed E-state index contributed by atoms with van der Waals surface area (Å²) in [5, 5.41) is 3.57. The fourth-order valence-electron chi connectivity index (χ4n) is 5.09. The van der Waals surface area contributed by atoms with Crippen LogP contribution >= 0.6 is 0 Å². The van der Waals surface area contributed by atoms with Gasteiger partial charge in [-0.3, -0.25) is 9.59 Å². The molecule has 0 saturated carbocycles. The molecule has 28 heavy (non-hydrogen) atoms. The smallest absolute Gasteiger partial charge is 0.222 e. The summed E-state index contributed by atoms with van der Waals surface area (Å²) in [5.74, 6) is -4.05. The molecule has 152 valence electrons. The third kappa shape index (κ3) is 3.95. The largest absolute Gasteiger partial charge is 0.343 e. The minimum absolute atomic E-state index is 0.108. The predicted molar refractivity (Wildman–Crippen MR) is 97.2 cm³/mol. The Kier molecular flexibility index (Phi) is 5.45. The van der Waals surface area contributed by atoms with Crippen molar-refractivity contribution < 1.29 is 22.8 Å². The first kappa shape index (κ1) is 19.4. The molecular formula is C21H25F3N2O2. The first-order chi connectivity index (χ1) is 13.4. The lowest BCUT2D eigenvalue weighted by atomic mass is 9.87. The van der Waals surface area contributed by atoms with Crippen molar-refractivity contribution in [2.75, 3.05) is 13.1 Å². The van der Waals surface area contributed by atoms with Crippen LogP contribution in [0.2, 0.25) is 0 Å². The average molecular weight is 394 g/mol. The quantitative estimate of drug-likeness (QED) is 0.796. The van der Waals surface area contributed by atoms with E-state index in [1.165, 1.54) is 12.8 Å². The first-order valence-electron chi connectivity index (χ1n) is 10.1. The molecule has 0 radical (unpaired) electrons. The minimum atomic E-state index is -1.17. The highest BCUT2D eigenvalue weighted by Crippen LogP contribution is 2.33. The molecule has 0 spiro atoms. The number of piperidine rings is 2. The summed E-state index contributed by atoms with van der Waals surface area (Å²) in [7, 11) is 0. The summed E-state index contributed by atoms with van der Waals surface area (Å²) in [6, 6.07) is 2.14. The van der Waals surface area contributed by atoms with E-state index in [0.717, 1.165) is 12.8 Å². The second kappa shape index (κ2) is 7.85. The van der Waals surface area contributed by atoms with Gasteiger partial charge in [-0.05, 0) is 44.4 Å². The molecule has 2 unspecified atom stereocenters. The van der Waals surface area contributed by atoms with E-state index in [9.17, 15) is 22.8 Å². The van der Waals surface area contributed by atoms with Crippen LogP contribution in [0.25, 0.3) is 0 Å². The summed E-state index contributed by atoms with van der Waals surface area (Å²) in [4.78, 5) is 26.9. The first-order valence-corrected chi connectivity index (χ1v) is 10.1. The van der Waals surface area contributed by atoms with Crippen molar-refractivity contribution in [3.63, 3.8) is 0 Å². The van der Waals surface area contributed by atoms with E-state index in [1.807, 2.05) is 0 Å². The standard InChI is InChI=1S/C21H25F3N2O2/c22-14-10-17(23)20(18(24)11-14)21(28)13-3-5-26(6-4-13)19(27)9-12-7-15-1-2-16(8-12)25-15/h10-13,15-16,25H,1-9H2. The molecule has 3 aliphatic rings. The summed E-state index contributed by atoms with van der Waals surface area (Å²) in [5.41, 5.74) is -0.670. The Bertz CT molecular complexity index is 742. The van der Waals surface area contributed by atoms with Crippen molar-refractivity contribution >= 4 is 11.7 Å². The van der Waals surface area contributed by atoms with E-state index in [-0.39, 0.29) is 5.91 Å². The topological polar surface area (TPSA) is 49.4 Å². The van der Waals surface area contributed by atoms with Crippen LogP contribution in [0.1, 0.15) is 55.3 Å². The number of Topliss-reactive ketones (excluding diaryl/α,β-unsaturated/α-hetero) is 1. The average Bonchev–Trinajstić information content (AvgIpc) is 2.99. The van der Waals surface area contributed by atoms with Gasteiger partial charge in [-0.1, -0.05) is 0 Å². The van der Waals surface area contributed by atoms with Crippen LogP contribution in [0.4, 0.5) is 13.2 Å². The third-order valence-electron chi connectivity index (χ3n) is 6.51. The van der Waals surface area contributed by atoms with Gasteiger partial charge in [-0.25, -0.2) is 13.2 Å². The molecule has 1 aromatic carbocycles. The number of benzene rings is 1. The molecule has 2 atom stereocenters. The highest BCUT2D eigenvalue weighted by Gasteiger charge is 2.36. The van der Waals surface area contributed by atoms with Gasteiger partial charge in [0.25, 0.3) is 0 Å². The number of carbonyl (C=O) groups is 2. The van der Waals surface area contributed by atoms with E-state index in [0.29, 0.717) is 62.5 Å². The zero-order chi connectivity index (χ0) is 19.8. The molecule has 0 aromatic heterocycles. The fourth-order valence-corrected chi connectivity index (χ4v) is 5.09. The Balaban J connectivity index is 1.32. The Morgan fingerprint density at radius 2 is 1.54 bits per heavy atom. The number of nitrogens with one attached hydrogen (secondary N) is 1. The summed E-state index contributed by atoms with van der Waals surface area (Å²) in [6.45, 7) is 0.828. The van der Waals surface area contributed by atoms with Crippen molar-refractivity contribution in [2.24, 2.45) is 11.8 Å². The Labute approximate surface area is 162 Å². The number of hydrogen-bond acceptors (Lipinski definition) is 3. The summed E-state index contributed by atoms with van der Waals surface area (Å²) >= 11 is 0. The van der Waals surface area contributed by atoms with Gasteiger partial charge >= 0.3 is 0 Å². The molecule has 7 heteroatoms. The molecule has 1 aromatic rings. The molecule has 1 amide bonds. The molecule has 3 saturated heterocycles. The Morgan fingerprint density at radius 1 is 0.964 bits per heavy atom. The van der Waals surface area contributed by atoms with Gasteiger partial charge in [0.2, 0.25) is 5.91 Å². The normalized spacial score (nSPS) is 27.8. The minimum Gasteiger partial charge on any atom is -0.343 e. The lowest BCUT2D eigenvalue weighted by Crippen LogP contribution is -2.43. The summed E-state index contributed by atoms with van der Waals surface area (Å²) < 4.78 is 40.8. The molecular weight excluding hydrogens is 369 g/mol. The van der Waals surface area contributed by atoms with E-state index in [2.05, 4.69) is 5.32 Å². The number of amides is 1. The van der Waals surface area contributed by atoms with Gasteiger partial charge < -0.3 is 10.2 Å². The van der Waals surface area contributed by atoms with E-state index in [4.69, 9.17) is 0 Å². The monoisotopic (exact) mass is 394 g/mol. The Hall–Kier alpha value is -1.89. The molecule has 4 rings (SSSR count). The van der Waals surface area contributed by atoms with Gasteiger partial charge in [0.15, 0.2) is 5.78 Å². The van der Waals surface area contributed by atoms with Crippen molar-refractivity contribution in [3.05, 3.63) is 35.1 Å². The van der Waals surface area contributed by atoms with E-state index >= 15 is 0 Å². The molecule has 3 fully saturated rings. The maximum Gasteiger partial charge on any atom is 0.222 e. The van der Waals surface area contributed by atoms with Crippen LogP contribution in [0, 0.1) is 29.3 Å². The van der Waals surface area contributed by atoms with E-state index < -0.39 is 34.7 Å². The SMILES string of the molecule is O=C(c1c(F)cc(F)cc1F)C1CCN(C(=O)CC2CC3CCC(C2)N3)CC1. The number of rotatable bonds is 4. The van der Waals surface area contributed by atoms with Crippen LogP contribution in [0.3, 0.4) is 0 Å². The van der Waals surface area contributed by atoms with Crippen molar-refractivity contribution in [3.8, 4) is 0 Å². The van der Waals surface area contributed by atoms with Gasteiger partial charge in [-0.2, -0.15) is 0 Å². The van der Waals surface area contributed by atoms with Crippen LogP contribution in [0.15, 0.2) is 12.1 Å². The highest BCUT2D eigenvalue weighted by atomic mass is 19.1. The van der Waals surface area contributed by atoms with E-state index in [1.54, 1.807) is 4.90 Å². The number of halogens is 3. The van der Waals surface area contributed by atoms with Gasteiger partial charge in [0, 0.05) is 49.6 Å². The lowest BCUT2D eigenvalue weighted by molar-refractivity contribution is -0.133. The van der Waals surface area contributed by atoms with Crippen LogP contribution in [0.5, 0.6) is 0 Å². The molecule has 1 N–H and O–H groups in total. The predicted octanol–water partition coefficient (Wildman–Crippen LogP) is 3.45. The second-order valence-electron chi connectivity index (χ2n) is 8.44. The number of ketones is 1. The van der Waals surface area contributed by atoms with Crippen LogP contribution in [-0.4, -0.2) is 41.8 Å². The van der Waals surface area contributed by atoms with Gasteiger partial charge in [0.1, 0.15) is 17.5 Å². The molecule has 3 heterocycles. The fraction of sp³-hybridized carbons (Fsp3) is 0.619. The number of nitrogens with zero attached hydrogens (tertiary/aromatic N) is 1. The van der Waals surface area contributed by atoms with Crippen LogP contribution in [-0.2, 0) is 4.79 Å². The zero-order valence-electron chi connectivity index (χ0n) is 15.7. The maximum absolute atomic E-state index is 13.9. The van der Waals surface area contributed by atoms with Gasteiger partial charge in [-0.15, -0.1) is 0 Å². The van der Waals surface area contributed by atoms with Crippen molar-refractivity contribution in [1.82, 2.24) is 10.2 Å². The van der Waals surface area contributed by atoms with Crippen molar-refractivity contribution in [1.29, 1.82) is 0 Å². The third-order valence-corrected chi connectivity index (χ3v) is 6.51. The number of carbonyl (C=O) groups excluding carboxylic acids is 2. The zero-order valence-corrected chi connectivity index (χ0v) is 15.7. The molecule has 3 aliphatic heterocycles. The summed E-state index contributed by atoms with van der Waals surface area (Å²) in [6.07, 6.45) is 5.75. The van der Waals surface area contributed by atoms with Crippen molar-refractivity contribution in [2.45, 2.75) is 57.0 Å². The number of likely N-dealkylation sites (tertiary alicyclic amines) is 1. The number of fused-ring (bicyclic) bond motifs is 2. The lowest BCUT2D eigenvalue weighted by Gasteiger charge is -2.34. The second-order valence-corrected chi connectivity index (χ2v) is 8.44. The Morgan fingerprint density at radius 3 is 2.11 bits per heavy atom. The highest BCUT2D eigenvalue weighted by molar-refractivity contribution is 5.98. The molecule has 2 bridgehead atoms. The maximum atomic E-state index is 13.9. The molecule has 4 nitrogen and oxygen atoms in total. The number of hydrogen-bond donors (Lipinski definition) is 1.